The Morgan fingerprint density at radius 3 is 2.54 bits per heavy atom. The highest BCUT2D eigenvalue weighted by molar-refractivity contribution is 5.93. The van der Waals surface area contributed by atoms with Gasteiger partial charge < -0.3 is 29.7 Å². The number of amides is 2. The lowest BCUT2D eigenvalue weighted by molar-refractivity contribution is -0.121. The number of likely N-dealkylation sites (tertiary alicyclic amines) is 1. The van der Waals surface area contributed by atoms with Crippen LogP contribution in [0, 0.1) is 17.5 Å². The summed E-state index contributed by atoms with van der Waals surface area (Å²) in [7, 11) is 0. The van der Waals surface area contributed by atoms with Crippen LogP contribution in [0.25, 0.3) is 0 Å². The Labute approximate surface area is 212 Å². The summed E-state index contributed by atoms with van der Waals surface area (Å²) in [6.45, 7) is 5.19. The first kappa shape index (κ1) is 26.3. The lowest BCUT2D eigenvalue weighted by Crippen LogP contribution is -2.56. The number of halogens is 3. The zero-order chi connectivity index (χ0) is 26.9. The van der Waals surface area contributed by atoms with Crippen LogP contribution in [-0.4, -0.2) is 52.8 Å². The van der Waals surface area contributed by atoms with Crippen molar-refractivity contribution in [1.29, 1.82) is 0 Å². The number of carbonyl (C=O) groups excluding carboxylic acids is 2. The van der Waals surface area contributed by atoms with E-state index >= 15 is 0 Å². The number of anilines is 1. The van der Waals surface area contributed by atoms with Gasteiger partial charge in [0.15, 0.2) is 23.2 Å². The number of carbonyl (C=O) groups is 2. The van der Waals surface area contributed by atoms with E-state index in [0.717, 1.165) is 12.1 Å². The SMILES string of the molecule is CC(C)(C)OC(=O)N1CCC(NC(=O)C2=CN(Cc3cccc(F)c3F)c3cccc(F)c3O2)C(O)C1. The molecule has 2 atom stereocenters. The van der Waals surface area contributed by atoms with Crippen LogP contribution >= 0.6 is 0 Å². The van der Waals surface area contributed by atoms with Gasteiger partial charge in [-0.1, -0.05) is 18.2 Å². The summed E-state index contributed by atoms with van der Waals surface area (Å²) in [5.74, 6) is -4.10. The van der Waals surface area contributed by atoms with Crippen molar-refractivity contribution in [2.75, 3.05) is 18.0 Å². The summed E-state index contributed by atoms with van der Waals surface area (Å²) in [4.78, 5) is 28.1. The second-order valence-electron chi connectivity index (χ2n) is 9.89. The second-order valence-corrected chi connectivity index (χ2v) is 9.89. The number of aliphatic hydroxyl groups is 1. The molecule has 8 nitrogen and oxygen atoms in total. The molecule has 2 aliphatic rings. The summed E-state index contributed by atoms with van der Waals surface area (Å²) in [5.41, 5.74) is -0.465. The van der Waals surface area contributed by atoms with Crippen LogP contribution in [0.15, 0.2) is 48.4 Å². The van der Waals surface area contributed by atoms with Gasteiger partial charge in [0.25, 0.3) is 5.91 Å². The topological polar surface area (TPSA) is 91.3 Å². The van der Waals surface area contributed by atoms with Crippen molar-refractivity contribution in [3.8, 4) is 5.75 Å². The molecule has 2 N–H and O–H groups in total. The molecule has 2 heterocycles. The fraction of sp³-hybridized carbons (Fsp3) is 0.385. The molecule has 0 aromatic heterocycles. The van der Waals surface area contributed by atoms with Crippen molar-refractivity contribution in [1.82, 2.24) is 10.2 Å². The number of hydrogen-bond donors (Lipinski definition) is 2. The summed E-state index contributed by atoms with van der Waals surface area (Å²) >= 11 is 0. The molecule has 2 aliphatic heterocycles. The quantitative estimate of drug-likeness (QED) is 0.638. The van der Waals surface area contributed by atoms with Crippen molar-refractivity contribution in [2.24, 2.45) is 0 Å². The third-order valence-corrected chi connectivity index (χ3v) is 5.89. The van der Waals surface area contributed by atoms with Gasteiger partial charge in [-0.2, -0.15) is 0 Å². The fourth-order valence-corrected chi connectivity index (χ4v) is 4.09. The van der Waals surface area contributed by atoms with Crippen LogP contribution in [0.2, 0.25) is 0 Å². The van der Waals surface area contributed by atoms with Crippen molar-refractivity contribution >= 4 is 17.7 Å². The Morgan fingerprint density at radius 1 is 1.14 bits per heavy atom. The van der Waals surface area contributed by atoms with Gasteiger partial charge in [-0.05, 0) is 45.4 Å². The zero-order valence-electron chi connectivity index (χ0n) is 20.6. The highest BCUT2D eigenvalue weighted by atomic mass is 19.2. The largest absolute Gasteiger partial charge is 0.445 e. The van der Waals surface area contributed by atoms with Crippen molar-refractivity contribution < 1.29 is 37.3 Å². The Bertz CT molecular complexity index is 1230. The summed E-state index contributed by atoms with van der Waals surface area (Å²) in [6, 6.07) is 7.11. The van der Waals surface area contributed by atoms with Gasteiger partial charge in [0.05, 0.1) is 37.1 Å². The average Bonchev–Trinajstić information content (AvgIpc) is 2.82. The maximum atomic E-state index is 14.6. The standard InChI is InChI=1S/C26H28F3N3O5/c1-26(2,3)37-25(35)31-11-10-18(20(33)13-31)30-24(34)21-14-32(12-15-6-4-7-16(27)22(15)29)19-9-5-8-17(28)23(19)36-21/h4-9,14,18,20,33H,10-13H2,1-3H3,(H,30,34). The molecule has 0 aliphatic carbocycles. The minimum atomic E-state index is -1.09. The molecule has 1 saturated heterocycles. The molecule has 11 heteroatoms. The monoisotopic (exact) mass is 519 g/mol. The summed E-state index contributed by atoms with van der Waals surface area (Å²) in [5, 5.41) is 13.2. The number of hydrogen-bond acceptors (Lipinski definition) is 6. The van der Waals surface area contributed by atoms with E-state index in [-0.39, 0.29) is 48.8 Å². The number of aliphatic hydroxyl groups excluding tert-OH is 1. The summed E-state index contributed by atoms with van der Waals surface area (Å²) in [6.07, 6.45) is -0.149. The van der Waals surface area contributed by atoms with Crippen molar-refractivity contribution in [3.63, 3.8) is 0 Å². The number of rotatable bonds is 4. The van der Waals surface area contributed by atoms with Gasteiger partial charge in [-0.15, -0.1) is 0 Å². The third-order valence-electron chi connectivity index (χ3n) is 5.89. The zero-order valence-corrected chi connectivity index (χ0v) is 20.6. The predicted molar refractivity (Wildman–Crippen MR) is 128 cm³/mol. The van der Waals surface area contributed by atoms with E-state index in [9.17, 15) is 27.9 Å². The molecular formula is C26H28F3N3O5. The number of β-amino-alcohol motifs (C(OH)–C–C–N with tert-alkyl or cyclic N) is 1. The molecule has 4 rings (SSSR count). The lowest BCUT2D eigenvalue weighted by atomic mass is 10.0. The summed E-state index contributed by atoms with van der Waals surface area (Å²) < 4.78 is 53.5. The van der Waals surface area contributed by atoms with Crippen LogP contribution in [0.3, 0.4) is 0 Å². The van der Waals surface area contributed by atoms with Gasteiger partial charge in [0.2, 0.25) is 5.76 Å². The average molecular weight is 520 g/mol. The van der Waals surface area contributed by atoms with Gasteiger partial charge in [0.1, 0.15) is 5.60 Å². The van der Waals surface area contributed by atoms with Crippen molar-refractivity contribution in [2.45, 2.75) is 51.5 Å². The molecule has 0 spiro atoms. The molecule has 2 aromatic rings. The van der Waals surface area contributed by atoms with Crippen LogP contribution in [-0.2, 0) is 16.1 Å². The molecule has 2 aromatic carbocycles. The highest BCUT2D eigenvalue weighted by Crippen LogP contribution is 2.37. The van der Waals surface area contributed by atoms with E-state index in [0.29, 0.717) is 0 Å². The maximum absolute atomic E-state index is 14.6. The molecule has 2 unspecified atom stereocenters. The van der Waals surface area contributed by atoms with Crippen LogP contribution in [0.1, 0.15) is 32.8 Å². The molecule has 0 radical (unpaired) electrons. The Balaban J connectivity index is 1.50. The second kappa shape index (κ2) is 10.3. The Hall–Kier alpha value is -3.73. The highest BCUT2D eigenvalue weighted by Gasteiger charge is 2.35. The third kappa shape index (κ3) is 5.99. The molecule has 37 heavy (non-hydrogen) atoms. The first-order valence-corrected chi connectivity index (χ1v) is 11.8. The van der Waals surface area contributed by atoms with E-state index in [1.165, 1.54) is 40.3 Å². The van der Waals surface area contributed by atoms with E-state index in [1.807, 2.05) is 0 Å². The predicted octanol–water partition coefficient (Wildman–Crippen LogP) is 3.83. The van der Waals surface area contributed by atoms with E-state index in [4.69, 9.17) is 9.47 Å². The molecule has 2 amide bonds. The number of nitrogens with one attached hydrogen (secondary N) is 1. The van der Waals surface area contributed by atoms with Crippen LogP contribution in [0.5, 0.6) is 5.75 Å². The lowest BCUT2D eigenvalue weighted by Gasteiger charge is -2.37. The number of para-hydroxylation sites is 1. The molecular weight excluding hydrogens is 491 g/mol. The van der Waals surface area contributed by atoms with Gasteiger partial charge >= 0.3 is 6.09 Å². The van der Waals surface area contributed by atoms with Crippen LogP contribution < -0.4 is 15.0 Å². The van der Waals surface area contributed by atoms with E-state index < -0.39 is 47.2 Å². The number of piperidine rings is 1. The molecule has 198 valence electrons. The van der Waals surface area contributed by atoms with Crippen LogP contribution in [0.4, 0.5) is 23.7 Å². The number of benzene rings is 2. The first-order chi connectivity index (χ1) is 17.4. The van der Waals surface area contributed by atoms with Gasteiger partial charge in [-0.3, -0.25) is 4.79 Å². The molecule has 0 bridgehead atoms. The minimum absolute atomic E-state index is 0.00180. The Morgan fingerprint density at radius 2 is 1.84 bits per heavy atom. The normalized spacial score (nSPS) is 19.5. The maximum Gasteiger partial charge on any atom is 0.410 e. The van der Waals surface area contributed by atoms with Gasteiger partial charge in [-0.25, -0.2) is 18.0 Å². The number of nitrogens with zero attached hydrogens (tertiary/aromatic N) is 2. The smallest absolute Gasteiger partial charge is 0.410 e. The van der Waals surface area contributed by atoms with E-state index in [2.05, 4.69) is 5.32 Å². The molecule has 0 saturated carbocycles. The van der Waals surface area contributed by atoms with Crippen molar-refractivity contribution in [3.05, 3.63) is 71.4 Å². The fourth-order valence-electron chi connectivity index (χ4n) is 4.09. The molecule has 1 fully saturated rings. The first-order valence-electron chi connectivity index (χ1n) is 11.8. The number of fused-ring (bicyclic) bond motifs is 1. The van der Waals surface area contributed by atoms with E-state index in [1.54, 1.807) is 20.8 Å². The Kier molecular flexibility index (Phi) is 7.35. The number of ether oxygens (including phenoxy) is 2. The van der Waals surface area contributed by atoms with Gasteiger partial charge in [0, 0.05) is 12.1 Å². The minimum Gasteiger partial charge on any atom is -0.445 e.